The smallest absolute Gasteiger partial charge is 0.341 e. The van der Waals surface area contributed by atoms with E-state index in [2.05, 4.69) is 5.10 Å². The molecule has 14 heavy (non-hydrogen) atoms. The second-order valence-electron chi connectivity index (χ2n) is 2.89. The molecule has 0 saturated carbocycles. The lowest BCUT2D eigenvalue weighted by atomic mass is 10.3. The number of rotatable bonds is 2. The molecule has 76 valence electrons. The predicted octanol–water partition coefficient (Wildman–Crippen LogP) is 0.101. The molecule has 0 radical (unpaired) electrons. The van der Waals surface area contributed by atoms with Crippen LogP contribution < -0.4 is 4.90 Å². The largest absolute Gasteiger partial charge is 0.477 e. The third-order valence-electron chi connectivity index (χ3n) is 1.93. The Morgan fingerprint density at radius 3 is 2.57 bits per heavy atom. The number of carboxylic acids is 1. The van der Waals surface area contributed by atoms with Crippen LogP contribution in [0.25, 0.3) is 0 Å². The number of nitrogens with zero attached hydrogens (tertiary/aromatic N) is 3. The maximum absolute atomic E-state index is 11.1. The van der Waals surface area contributed by atoms with Crippen LogP contribution in [0.4, 0.5) is 5.82 Å². The van der Waals surface area contributed by atoms with Crippen molar-refractivity contribution in [3.63, 3.8) is 0 Å². The van der Waals surface area contributed by atoms with Crippen molar-refractivity contribution in [1.29, 1.82) is 0 Å². The van der Waals surface area contributed by atoms with Gasteiger partial charge in [-0.15, -0.1) is 0 Å². The first-order chi connectivity index (χ1) is 6.45. The summed E-state index contributed by atoms with van der Waals surface area (Å²) in [5.41, 5.74) is 0.0187. The molecule has 0 aliphatic rings. The number of carbonyl (C=O) groups is 2. The van der Waals surface area contributed by atoms with E-state index in [1.807, 2.05) is 0 Å². The SMILES string of the molecule is CC(=O)N(C)c1c(C(=O)O)cnn1C. The van der Waals surface area contributed by atoms with Gasteiger partial charge in [0.1, 0.15) is 11.4 Å². The van der Waals surface area contributed by atoms with Crippen LogP contribution in [-0.4, -0.2) is 33.8 Å². The molecule has 0 aliphatic carbocycles. The van der Waals surface area contributed by atoms with Crippen molar-refractivity contribution in [2.24, 2.45) is 7.05 Å². The summed E-state index contributed by atoms with van der Waals surface area (Å²) in [5.74, 6) is -1.05. The number of hydrogen-bond donors (Lipinski definition) is 1. The number of amides is 1. The van der Waals surface area contributed by atoms with Crippen LogP contribution in [0, 0.1) is 0 Å². The molecule has 0 saturated heterocycles. The van der Waals surface area contributed by atoms with Crippen LogP contribution in [0.5, 0.6) is 0 Å². The number of aromatic nitrogens is 2. The molecule has 0 spiro atoms. The molecule has 0 fully saturated rings. The highest BCUT2D eigenvalue weighted by Gasteiger charge is 2.20. The summed E-state index contributed by atoms with van der Waals surface area (Å²) in [5, 5.41) is 12.6. The summed E-state index contributed by atoms with van der Waals surface area (Å²) in [4.78, 5) is 23.1. The van der Waals surface area contributed by atoms with Gasteiger partial charge in [0.2, 0.25) is 5.91 Å². The van der Waals surface area contributed by atoms with E-state index >= 15 is 0 Å². The van der Waals surface area contributed by atoms with Crippen molar-refractivity contribution in [3.05, 3.63) is 11.8 Å². The van der Waals surface area contributed by atoms with Crippen molar-refractivity contribution >= 4 is 17.7 Å². The molecular weight excluding hydrogens is 186 g/mol. The average Bonchev–Trinajstić information content (AvgIpc) is 2.45. The molecule has 1 N–H and O–H groups in total. The first-order valence-electron chi connectivity index (χ1n) is 3.94. The fraction of sp³-hybridized carbons (Fsp3) is 0.375. The van der Waals surface area contributed by atoms with Gasteiger partial charge < -0.3 is 5.11 Å². The second kappa shape index (κ2) is 3.49. The molecule has 0 aliphatic heterocycles. The van der Waals surface area contributed by atoms with E-state index < -0.39 is 5.97 Å². The fourth-order valence-corrected chi connectivity index (χ4v) is 1.13. The van der Waals surface area contributed by atoms with Gasteiger partial charge in [0, 0.05) is 21.0 Å². The number of aromatic carboxylic acids is 1. The zero-order valence-corrected chi connectivity index (χ0v) is 8.18. The van der Waals surface area contributed by atoms with Crippen LogP contribution in [-0.2, 0) is 11.8 Å². The van der Waals surface area contributed by atoms with E-state index in [9.17, 15) is 9.59 Å². The highest BCUT2D eigenvalue weighted by Crippen LogP contribution is 2.17. The number of hydrogen-bond acceptors (Lipinski definition) is 3. The van der Waals surface area contributed by atoms with E-state index in [4.69, 9.17) is 5.11 Å². The summed E-state index contributed by atoms with van der Waals surface area (Å²) < 4.78 is 1.35. The Labute approximate surface area is 80.7 Å². The van der Waals surface area contributed by atoms with Gasteiger partial charge in [-0.05, 0) is 0 Å². The molecule has 1 amide bonds. The predicted molar refractivity (Wildman–Crippen MR) is 49.3 cm³/mol. The normalized spacial score (nSPS) is 9.93. The van der Waals surface area contributed by atoms with Crippen molar-refractivity contribution < 1.29 is 14.7 Å². The number of anilines is 1. The van der Waals surface area contributed by atoms with E-state index in [0.29, 0.717) is 0 Å². The fourth-order valence-electron chi connectivity index (χ4n) is 1.13. The molecular formula is C8H11N3O3. The summed E-state index contributed by atoms with van der Waals surface area (Å²) in [7, 11) is 3.09. The third kappa shape index (κ3) is 1.59. The lowest BCUT2D eigenvalue weighted by Gasteiger charge is -2.15. The maximum atomic E-state index is 11.1. The van der Waals surface area contributed by atoms with Crippen LogP contribution in [0.1, 0.15) is 17.3 Å². The van der Waals surface area contributed by atoms with Crippen LogP contribution >= 0.6 is 0 Å². The van der Waals surface area contributed by atoms with E-state index in [1.54, 1.807) is 7.05 Å². The quantitative estimate of drug-likeness (QED) is 0.729. The minimum absolute atomic E-state index is 0.0187. The van der Waals surface area contributed by atoms with Gasteiger partial charge in [0.05, 0.1) is 6.20 Å². The number of carboxylic acid groups (broad SMARTS) is 1. The monoisotopic (exact) mass is 197 g/mol. The first-order valence-corrected chi connectivity index (χ1v) is 3.94. The van der Waals surface area contributed by atoms with Crippen molar-refractivity contribution in [2.75, 3.05) is 11.9 Å². The molecule has 1 heterocycles. The molecule has 0 atom stereocenters. The molecule has 1 aromatic heterocycles. The summed E-state index contributed by atoms with van der Waals surface area (Å²) in [6, 6.07) is 0. The second-order valence-corrected chi connectivity index (χ2v) is 2.89. The highest BCUT2D eigenvalue weighted by molar-refractivity contribution is 5.99. The van der Waals surface area contributed by atoms with Crippen LogP contribution in [0.3, 0.4) is 0 Å². The van der Waals surface area contributed by atoms with E-state index in [-0.39, 0.29) is 17.3 Å². The van der Waals surface area contributed by atoms with Crippen molar-refractivity contribution in [3.8, 4) is 0 Å². The number of carbonyl (C=O) groups excluding carboxylic acids is 1. The van der Waals surface area contributed by atoms with E-state index in [0.717, 1.165) is 0 Å². The van der Waals surface area contributed by atoms with Crippen LogP contribution in [0.2, 0.25) is 0 Å². The molecule has 1 rings (SSSR count). The lowest BCUT2D eigenvalue weighted by molar-refractivity contribution is -0.116. The topological polar surface area (TPSA) is 75.4 Å². The van der Waals surface area contributed by atoms with Gasteiger partial charge in [0.15, 0.2) is 0 Å². The zero-order valence-electron chi connectivity index (χ0n) is 8.18. The van der Waals surface area contributed by atoms with Crippen molar-refractivity contribution in [2.45, 2.75) is 6.92 Å². The van der Waals surface area contributed by atoms with Gasteiger partial charge in [-0.2, -0.15) is 5.10 Å². The average molecular weight is 197 g/mol. The molecule has 1 aromatic rings. The standard InChI is InChI=1S/C8H11N3O3/c1-5(12)10(2)7-6(8(13)14)4-9-11(7)3/h4H,1-3H3,(H,13,14). The van der Waals surface area contributed by atoms with Gasteiger partial charge in [-0.25, -0.2) is 4.79 Å². The summed E-state index contributed by atoms with van der Waals surface area (Å²) in [6.45, 7) is 1.36. The minimum Gasteiger partial charge on any atom is -0.477 e. The Bertz CT molecular complexity index is 383. The molecule has 6 heteroatoms. The molecule has 0 unspecified atom stereocenters. The Balaban J connectivity index is 3.24. The van der Waals surface area contributed by atoms with Gasteiger partial charge >= 0.3 is 5.97 Å². The Morgan fingerprint density at radius 2 is 2.14 bits per heavy atom. The van der Waals surface area contributed by atoms with Gasteiger partial charge in [-0.1, -0.05) is 0 Å². The molecule has 6 nitrogen and oxygen atoms in total. The van der Waals surface area contributed by atoms with Gasteiger partial charge in [-0.3, -0.25) is 14.4 Å². The Hall–Kier alpha value is -1.85. The first kappa shape index (κ1) is 10.2. The van der Waals surface area contributed by atoms with Crippen LogP contribution in [0.15, 0.2) is 6.20 Å². The minimum atomic E-state index is -1.10. The summed E-state index contributed by atoms with van der Waals surface area (Å²) >= 11 is 0. The summed E-state index contributed by atoms with van der Waals surface area (Å²) in [6.07, 6.45) is 1.22. The molecule has 0 aromatic carbocycles. The maximum Gasteiger partial charge on any atom is 0.341 e. The molecule has 0 bridgehead atoms. The number of aryl methyl sites for hydroxylation is 1. The lowest BCUT2D eigenvalue weighted by Crippen LogP contribution is -2.26. The Kier molecular flexibility index (Phi) is 2.55. The van der Waals surface area contributed by atoms with E-state index in [1.165, 1.54) is 29.7 Å². The zero-order chi connectivity index (χ0) is 10.9. The van der Waals surface area contributed by atoms with Gasteiger partial charge in [0.25, 0.3) is 0 Å². The third-order valence-corrected chi connectivity index (χ3v) is 1.93. The van der Waals surface area contributed by atoms with Crippen molar-refractivity contribution in [1.82, 2.24) is 9.78 Å². The highest BCUT2D eigenvalue weighted by atomic mass is 16.4. The Morgan fingerprint density at radius 1 is 1.57 bits per heavy atom.